The maximum atomic E-state index is 11.5. The van der Waals surface area contributed by atoms with Crippen LogP contribution in [0, 0.1) is 34.5 Å². The molecule has 7 atom stereocenters. The molecule has 3 aliphatic rings. The summed E-state index contributed by atoms with van der Waals surface area (Å²) in [4.78, 5) is 16.7. The van der Waals surface area contributed by atoms with E-state index in [-0.39, 0.29) is 28.8 Å². The number of esters is 1. The van der Waals surface area contributed by atoms with E-state index in [4.69, 9.17) is 9.57 Å². The van der Waals surface area contributed by atoms with Crippen molar-refractivity contribution in [2.75, 3.05) is 20.3 Å². The monoisotopic (exact) mass is 393 g/mol. The fourth-order valence-electron chi connectivity index (χ4n) is 6.84. The lowest BCUT2D eigenvalue weighted by molar-refractivity contribution is -0.150. The molecule has 0 unspecified atom stereocenters. The fraction of sp³-hybridized carbons (Fsp3) is 0.870. The molecule has 0 aromatic heterocycles. The normalized spacial score (nSPS) is 43.6. The predicted octanol–water partition coefficient (Wildman–Crippen LogP) is 3.87. The van der Waals surface area contributed by atoms with Crippen LogP contribution < -0.4 is 5.48 Å². The van der Waals surface area contributed by atoms with Crippen molar-refractivity contribution in [1.82, 2.24) is 5.48 Å². The van der Waals surface area contributed by atoms with Crippen molar-refractivity contribution in [2.45, 2.75) is 71.8 Å². The molecule has 0 saturated heterocycles. The van der Waals surface area contributed by atoms with Gasteiger partial charge in [-0.05, 0) is 73.5 Å². The fourth-order valence-corrected chi connectivity index (χ4v) is 6.84. The highest BCUT2D eigenvalue weighted by Gasteiger charge is 2.56. The predicted molar refractivity (Wildman–Crippen MR) is 109 cm³/mol. The second-order valence-corrected chi connectivity index (χ2v) is 9.96. The molecule has 3 rings (SSSR count). The van der Waals surface area contributed by atoms with Crippen molar-refractivity contribution in [1.29, 1.82) is 0 Å². The first-order valence-corrected chi connectivity index (χ1v) is 11.0. The number of nitrogens with one attached hydrogen (secondary N) is 1. The Morgan fingerprint density at radius 2 is 2.00 bits per heavy atom. The first-order valence-electron chi connectivity index (χ1n) is 11.0. The lowest BCUT2D eigenvalue weighted by Gasteiger charge is -2.56. The van der Waals surface area contributed by atoms with Gasteiger partial charge in [0.15, 0.2) is 0 Å². The van der Waals surface area contributed by atoms with Crippen LogP contribution in [0.1, 0.15) is 65.7 Å². The molecule has 0 amide bonds. The number of hydroxylamine groups is 1. The molecular weight excluding hydrogens is 354 g/mol. The lowest BCUT2D eigenvalue weighted by atomic mass is 9.49. The van der Waals surface area contributed by atoms with Crippen LogP contribution in [0.2, 0.25) is 0 Å². The highest BCUT2D eigenvalue weighted by Crippen LogP contribution is 2.63. The Hall–Kier alpha value is -0.910. The summed E-state index contributed by atoms with van der Waals surface area (Å²) in [5, 5.41) is 10.3. The third kappa shape index (κ3) is 3.90. The van der Waals surface area contributed by atoms with Gasteiger partial charge in [-0.25, -0.2) is 5.48 Å². The van der Waals surface area contributed by atoms with E-state index in [1.54, 1.807) is 7.11 Å². The van der Waals surface area contributed by atoms with Crippen LogP contribution in [0.25, 0.3) is 0 Å². The standard InChI is InChI=1S/C23H39NO4/c1-15-6-7-20-19(13-24-27-5)21(9-11-22(15,20)3)23(4)10-8-18(26)12-17(23)14-28-16(2)25/h17-21,24,26H,1,6-14H2,2-5H3/t17-,18+,19+,20+,21+,22-,23+/m1/s1. The molecule has 0 aliphatic heterocycles. The summed E-state index contributed by atoms with van der Waals surface area (Å²) in [6.45, 7) is 11.9. The number of aliphatic hydroxyl groups is 1. The lowest BCUT2D eigenvalue weighted by Crippen LogP contribution is -2.53. The smallest absolute Gasteiger partial charge is 0.302 e. The maximum absolute atomic E-state index is 11.5. The van der Waals surface area contributed by atoms with Crippen LogP contribution >= 0.6 is 0 Å². The summed E-state index contributed by atoms with van der Waals surface area (Å²) in [6, 6.07) is 0. The van der Waals surface area contributed by atoms with E-state index in [9.17, 15) is 9.90 Å². The third-order valence-corrected chi connectivity index (χ3v) is 8.70. The molecule has 160 valence electrons. The number of hydrogen-bond acceptors (Lipinski definition) is 5. The average Bonchev–Trinajstić information content (AvgIpc) is 2.95. The van der Waals surface area contributed by atoms with Gasteiger partial charge in [-0.1, -0.05) is 26.0 Å². The van der Waals surface area contributed by atoms with Crippen molar-refractivity contribution in [2.24, 2.45) is 34.5 Å². The quantitative estimate of drug-likeness (QED) is 0.407. The number of rotatable bonds is 6. The molecule has 0 radical (unpaired) electrons. The van der Waals surface area contributed by atoms with E-state index >= 15 is 0 Å². The summed E-state index contributed by atoms with van der Waals surface area (Å²) >= 11 is 0. The van der Waals surface area contributed by atoms with E-state index < -0.39 is 0 Å². The van der Waals surface area contributed by atoms with Crippen LogP contribution in [-0.2, 0) is 14.4 Å². The van der Waals surface area contributed by atoms with Gasteiger partial charge in [0, 0.05) is 19.4 Å². The van der Waals surface area contributed by atoms with Gasteiger partial charge in [0.1, 0.15) is 0 Å². The number of carbonyl (C=O) groups excluding carboxylic acids is 1. The summed E-state index contributed by atoms with van der Waals surface area (Å²) in [5.41, 5.74) is 4.86. The molecule has 5 nitrogen and oxygen atoms in total. The Labute approximate surface area is 170 Å². The molecule has 0 aromatic carbocycles. The molecule has 28 heavy (non-hydrogen) atoms. The van der Waals surface area contributed by atoms with Gasteiger partial charge in [-0.3, -0.25) is 4.79 Å². The zero-order valence-corrected chi connectivity index (χ0v) is 18.1. The van der Waals surface area contributed by atoms with Crippen molar-refractivity contribution in [3.05, 3.63) is 12.2 Å². The minimum absolute atomic E-state index is 0.0556. The average molecular weight is 394 g/mol. The summed E-state index contributed by atoms with van der Waals surface area (Å²) in [7, 11) is 1.69. The number of fused-ring (bicyclic) bond motifs is 1. The highest BCUT2D eigenvalue weighted by molar-refractivity contribution is 5.65. The Bertz CT molecular complexity index is 593. The molecule has 0 heterocycles. The van der Waals surface area contributed by atoms with Crippen molar-refractivity contribution >= 4 is 5.97 Å². The number of aliphatic hydroxyl groups excluding tert-OH is 1. The Balaban J connectivity index is 1.88. The molecule has 0 aromatic rings. The van der Waals surface area contributed by atoms with Crippen LogP contribution in [-0.4, -0.2) is 37.4 Å². The van der Waals surface area contributed by atoms with Gasteiger partial charge in [0.2, 0.25) is 0 Å². The largest absolute Gasteiger partial charge is 0.466 e. The van der Waals surface area contributed by atoms with Crippen LogP contribution in [0.4, 0.5) is 0 Å². The summed E-state index contributed by atoms with van der Waals surface area (Å²) in [6.07, 6.45) is 6.93. The Morgan fingerprint density at radius 3 is 2.68 bits per heavy atom. The highest BCUT2D eigenvalue weighted by atomic mass is 16.6. The first-order chi connectivity index (χ1) is 13.2. The molecule has 3 fully saturated rings. The zero-order chi connectivity index (χ0) is 20.5. The molecule has 0 spiro atoms. The van der Waals surface area contributed by atoms with Gasteiger partial charge in [-0.2, -0.15) is 0 Å². The SMILES string of the molecule is C=C1CC[C@H]2[C@H](CNOC)[C@@H]([C@@]3(C)CC[C@H](O)C[C@@H]3COC(C)=O)CC[C@]12C. The number of hydrogen-bond donors (Lipinski definition) is 2. The van der Waals surface area contributed by atoms with E-state index in [0.717, 1.165) is 38.6 Å². The molecule has 2 N–H and O–H groups in total. The first kappa shape index (κ1) is 21.8. The maximum Gasteiger partial charge on any atom is 0.302 e. The van der Waals surface area contributed by atoms with Crippen LogP contribution in [0.3, 0.4) is 0 Å². The minimum atomic E-state index is -0.288. The zero-order valence-electron chi connectivity index (χ0n) is 18.1. The number of carbonyl (C=O) groups is 1. The molecule has 3 aliphatic carbocycles. The van der Waals surface area contributed by atoms with E-state index in [2.05, 4.69) is 25.9 Å². The number of allylic oxidation sites excluding steroid dienone is 1. The third-order valence-electron chi connectivity index (χ3n) is 8.70. The summed E-state index contributed by atoms with van der Waals surface area (Å²) < 4.78 is 5.45. The van der Waals surface area contributed by atoms with Gasteiger partial charge in [0.25, 0.3) is 0 Å². The van der Waals surface area contributed by atoms with E-state index in [1.807, 2.05) is 0 Å². The molecular formula is C23H39NO4. The van der Waals surface area contributed by atoms with Gasteiger partial charge >= 0.3 is 5.97 Å². The van der Waals surface area contributed by atoms with Crippen molar-refractivity contribution in [3.63, 3.8) is 0 Å². The van der Waals surface area contributed by atoms with Gasteiger partial charge < -0.3 is 14.7 Å². The molecule has 3 saturated carbocycles. The number of ether oxygens (including phenoxy) is 1. The van der Waals surface area contributed by atoms with Crippen LogP contribution in [0.15, 0.2) is 12.2 Å². The molecule has 0 bridgehead atoms. The Kier molecular flexibility index (Phi) is 6.58. The second kappa shape index (κ2) is 8.45. The summed E-state index contributed by atoms with van der Waals surface area (Å²) in [5.74, 6) is 1.59. The van der Waals surface area contributed by atoms with Gasteiger partial charge in [-0.15, -0.1) is 0 Å². The van der Waals surface area contributed by atoms with Crippen LogP contribution in [0.5, 0.6) is 0 Å². The molecule has 5 heteroatoms. The Morgan fingerprint density at radius 1 is 1.25 bits per heavy atom. The van der Waals surface area contributed by atoms with Gasteiger partial charge in [0.05, 0.1) is 19.8 Å². The van der Waals surface area contributed by atoms with E-state index in [0.29, 0.717) is 24.4 Å². The second-order valence-electron chi connectivity index (χ2n) is 9.96. The van der Waals surface area contributed by atoms with E-state index in [1.165, 1.54) is 25.3 Å². The van der Waals surface area contributed by atoms with Crippen molar-refractivity contribution in [3.8, 4) is 0 Å². The topological polar surface area (TPSA) is 67.8 Å². The minimum Gasteiger partial charge on any atom is -0.466 e. The van der Waals surface area contributed by atoms with Crippen molar-refractivity contribution < 1.29 is 19.5 Å².